The zero-order valence-corrected chi connectivity index (χ0v) is 10.6. The monoisotopic (exact) mass is 284 g/mol. The van der Waals surface area contributed by atoms with Crippen LogP contribution in [0.2, 0.25) is 0 Å². The van der Waals surface area contributed by atoms with E-state index >= 15 is 0 Å². The number of hydrogen-bond donors (Lipinski definition) is 0. The molecular weight excluding hydrogens is 276 g/mol. The summed E-state index contributed by atoms with van der Waals surface area (Å²) in [6, 6.07) is 16.3. The number of rotatable bonds is 1. The van der Waals surface area contributed by atoms with E-state index in [9.17, 15) is 0 Å². The molecule has 0 aliphatic carbocycles. The highest BCUT2D eigenvalue weighted by atomic mass is 79.9. The topological polar surface area (TPSA) is 25.8 Å². The normalized spacial score (nSPS) is 10.6. The van der Waals surface area contributed by atoms with Gasteiger partial charge in [-0.05, 0) is 27.6 Å². The van der Waals surface area contributed by atoms with Crippen LogP contribution < -0.4 is 0 Å². The van der Waals surface area contributed by atoms with Gasteiger partial charge in [-0.25, -0.2) is 0 Å². The fourth-order valence-electron chi connectivity index (χ4n) is 1.90. The van der Waals surface area contributed by atoms with E-state index < -0.39 is 0 Å². The molecule has 82 valence electrons. The summed E-state index contributed by atoms with van der Waals surface area (Å²) in [7, 11) is 0. The summed E-state index contributed by atoms with van der Waals surface area (Å²) in [5, 5.41) is 9.35. The van der Waals surface area contributed by atoms with Gasteiger partial charge in [0.15, 0.2) is 0 Å². The highest BCUT2D eigenvalue weighted by Gasteiger charge is 2.06. The van der Waals surface area contributed by atoms with E-state index in [2.05, 4.69) is 44.3 Å². The molecule has 2 nitrogen and oxygen atoms in total. The van der Waals surface area contributed by atoms with Crippen molar-refractivity contribution in [1.29, 1.82) is 0 Å². The molecule has 0 amide bonds. The zero-order valence-electron chi connectivity index (χ0n) is 8.97. The standard InChI is InChI=1S/C14H9BrN2/c15-13-8-4-7-11-12(9-16-17-14(11)13)10-5-2-1-3-6-10/h1-9H. The van der Waals surface area contributed by atoms with Crippen LogP contribution in [0.25, 0.3) is 22.0 Å². The van der Waals surface area contributed by atoms with Gasteiger partial charge in [-0.3, -0.25) is 0 Å². The van der Waals surface area contributed by atoms with Crippen molar-refractivity contribution >= 4 is 26.8 Å². The van der Waals surface area contributed by atoms with Crippen molar-refractivity contribution in [2.75, 3.05) is 0 Å². The van der Waals surface area contributed by atoms with E-state index in [-0.39, 0.29) is 0 Å². The first-order chi connectivity index (χ1) is 8.36. The lowest BCUT2D eigenvalue weighted by molar-refractivity contribution is 1.07. The predicted octanol–water partition coefficient (Wildman–Crippen LogP) is 4.06. The Labute approximate surface area is 107 Å². The van der Waals surface area contributed by atoms with Crippen molar-refractivity contribution in [3.05, 3.63) is 59.2 Å². The largest absolute Gasteiger partial charge is 0.158 e. The van der Waals surface area contributed by atoms with Crippen molar-refractivity contribution in [1.82, 2.24) is 10.2 Å². The van der Waals surface area contributed by atoms with Gasteiger partial charge < -0.3 is 0 Å². The molecule has 3 rings (SSSR count). The van der Waals surface area contributed by atoms with Crippen LogP contribution in [0.4, 0.5) is 0 Å². The number of halogens is 1. The Morgan fingerprint density at radius 1 is 0.882 bits per heavy atom. The van der Waals surface area contributed by atoms with Crippen LogP contribution in [-0.2, 0) is 0 Å². The highest BCUT2D eigenvalue weighted by molar-refractivity contribution is 9.10. The van der Waals surface area contributed by atoms with E-state index in [4.69, 9.17) is 0 Å². The van der Waals surface area contributed by atoms with Crippen LogP contribution >= 0.6 is 15.9 Å². The van der Waals surface area contributed by atoms with Crippen LogP contribution in [0.5, 0.6) is 0 Å². The second kappa shape index (κ2) is 4.26. The van der Waals surface area contributed by atoms with Gasteiger partial charge in [-0.2, -0.15) is 5.10 Å². The maximum absolute atomic E-state index is 4.17. The molecule has 1 aromatic heterocycles. The van der Waals surface area contributed by atoms with Crippen molar-refractivity contribution in [3.63, 3.8) is 0 Å². The maximum Gasteiger partial charge on any atom is 0.108 e. The number of benzene rings is 2. The molecule has 0 radical (unpaired) electrons. The average Bonchev–Trinajstić information content (AvgIpc) is 2.40. The van der Waals surface area contributed by atoms with Gasteiger partial charge in [0.25, 0.3) is 0 Å². The minimum Gasteiger partial charge on any atom is -0.158 e. The van der Waals surface area contributed by atoms with Crippen molar-refractivity contribution in [3.8, 4) is 11.1 Å². The van der Waals surface area contributed by atoms with E-state index in [1.807, 2.05) is 36.5 Å². The molecular formula is C14H9BrN2. The third-order valence-corrected chi connectivity index (χ3v) is 3.35. The quantitative estimate of drug-likeness (QED) is 0.673. The second-order valence-corrected chi connectivity index (χ2v) is 4.61. The fourth-order valence-corrected chi connectivity index (χ4v) is 2.34. The van der Waals surface area contributed by atoms with Crippen LogP contribution in [0, 0.1) is 0 Å². The first kappa shape index (κ1) is 10.4. The second-order valence-electron chi connectivity index (χ2n) is 3.76. The molecule has 1 heterocycles. The van der Waals surface area contributed by atoms with E-state index in [0.717, 1.165) is 26.5 Å². The van der Waals surface area contributed by atoms with E-state index in [1.165, 1.54) is 0 Å². The Balaban J connectivity index is 2.35. The van der Waals surface area contributed by atoms with Crippen LogP contribution in [0.1, 0.15) is 0 Å². The summed E-state index contributed by atoms with van der Waals surface area (Å²) in [5.74, 6) is 0. The van der Waals surface area contributed by atoms with Gasteiger partial charge in [0, 0.05) is 15.4 Å². The molecule has 0 saturated carbocycles. The molecule has 0 saturated heterocycles. The first-order valence-electron chi connectivity index (χ1n) is 5.31. The third kappa shape index (κ3) is 1.83. The summed E-state index contributed by atoms with van der Waals surface area (Å²) in [4.78, 5) is 0. The lowest BCUT2D eigenvalue weighted by Crippen LogP contribution is -1.88. The minimum atomic E-state index is 0.897. The number of nitrogens with zero attached hydrogens (tertiary/aromatic N) is 2. The van der Waals surface area contributed by atoms with Crippen molar-refractivity contribution in [2.24, 2.45) is 0 Å². The van der Waals surface area contributed by atoms with Gasteiger partial charge in [0.05, 0.1) is 6.20 Å². The molecule has 0 spiro atoms. The van der Waals surface area contributed by atoms with Crippen LogP contribution in [0.3, 0.4) is 0 Å². The average molecular weight is 285 g/mol. The molecule has 0 fully saturated rings. The Hall–Kier alpha value is -1.74. The molecule has 17 heavy (non-hydrogen) atoms. The lowest BCUT2D eigenvalue weighted by atomic mass is 10.0. The maximum atomic E-state index is 4.17. The van der Waals surface area contributed by atoms with Gasteiger partial charge in [-0.15, -0.1) is 5.10 Å². The molecule has 0 aliphatic heterocycles. The third-order valence-electron chi connectivity index (χ3n) is 2.71. The smallest absolute Gasteiger partial charge is 0.108 e. The first-order valence-corrected chi connectivity index (χ1v) is 6.11. The van der Waals surface area contributed by atoms with Gasteiger partial charge >= 0.3 is 0 Å². The molecule has 3 aromatic rings. The Morgan fingerprint density at radius 2 is 1.71 bits per heavy atom. The minimum absolute atomic E-state index is 0.897. The van der Waals surface area contributed by atoms with Crippen molar-refractivity contribution in [2.45, 2.75) is 0 Å². The number of fused-ring (bicyclic) bond motifs is 1. The SMILES string of the molecule is Brc1cccc2c(-c3ccccc3)cnnc12. The lowest BCUT2D eigenvalue weighted by Gasteiger charge is -2.05. The number of hydrogen-bond acceptors (Lipinski definition) is 2. The van der Waals surface area contributed by atoms with Crippen LogP contribution in [-0.4, -0.2) is 10.2 Å². The molecule has 0 N–H and O–H groups in total. The fraction of sp³-hybridized carbons (Fsp3) is 0. The van der Waals surface area contributed by atoms with Crippen molar-refractivity contribution < 1.29 is 0 Å². The Morgan fingerprint density at radius 3 is 2.53 bits per heavy atom. The summed E-state index contributed by atoms with van der Waals surface area (Å²) in [6.45, 7) is 0. The summed E-state index contributed by atoms with van der Waals surface area (Å²) >= 11 is 3.50. The van der Waals surface area contributed by atoms with Gasteiger partial charge in [0.2, 0.25) is 0 Å². The Bertz CT molecular complexity index is 665. The summed E-state index contributed by atoms with van der Waals surface area (Å²) in [6.07, 6.45) is 1.81. The molecule has 3 heteroatoms. The summed E-state index contributed by atoms with van der Waals surface area (Å²) < 4.78 is 0.972. The molecule has 0 unspecified atom stereocenters. The molecule has 0 aliphatic rings. The van der Waals surface area contributed by atoms with Crippen LogP contribution in [0.15, 0.2) is 59.2 Å². The van der Waals surface area contributed by atoms with Gasteiger partial charge in [-0.1, -0.05) is 42.5 Å². The van der Waals surface area contributed by atoms with E-state index in [0.29, 0.717) is 0 Å². The van der Waals surface area contributed by atoms with E-state index in [1.54, 1.807) is 0 Å². The molecule has 2 aromatic carbocycles. The van der Waals surface area contributed by atoms with Gasteiger partial charge in [0.1, 0.15) is 5.52 Å². The molecule has 0 bridgehead atoms. The summed E-state index contributed by atoms with van der Waals surface area (Å²) in [5.41, 5.74) is 3.16. The number of aromatic nitrogens is 2. The molecule has 0 atom stereocenters. The highest BCUT2D eigenvalue weighted by Crippen LogP contribution is 2.29. The predicted molar refractivity (Wildman–Crippen MR) is 72.7 cm³/mol. The zero-order chi connectivity index (χ0) is 11.7. The Kier molecular flexibility index (Phi) is 2.61.